The summed E-state index contributed by atoms with van der Waals surface area (Å²) in [6, 6.07) is 109. The Labute approximate surface area is 464 Å². The lowest BCUT2D eigenvalue weighted by Gasteiger charge is -2.47. The fourth-order valence-electron chi connectivity index (χ4n) is 13.9. The van der Waals surface area contributed by atoms with Crippen molar-refractivity contribution in [2.45, 2.75) is 0 Å². The van der Waals surface area contributed by atoms with E-state index in [-0.39, 0.29) is 14.0 Å². The highest BCUT2D eigenvalue weighted by molar-refractivity contribution is 6.91. The summed E-state index contributed by atoms with van der Waals surface area (Å²) in [5, 5.41) is 19.3. The number of hydrogen-bond acceptors (Lipinski definition) is 4. The Morgan fingerprint density at radius 3 is 0.675 bits per heavy atom. The van der Waals surface area contributed by atoms with Crippen LogP contribution in [0.15, 0.2) is 291 Å². The maximum atomic E-state index is 2.64. The van der Waals surface area contributed by atoms with E-state index in [1.54, 1.807) is 0 Å². The molecule has 0 radical (unpaired) electrons. The molecule has 2 aliphatic rings. The minimum Gasteiger partial charge on any atom is -0.361 e. The monoisotopic (exact) mass is 1010 g/mol. The zero-order valence-corrected chi connectivity index (χ0v) is 43.7. The first-order valence-electron chi connectivity index (χ1n) is 27.8. The number of nitrogens with zero attached hydrogens (tertiary/aromatic N) is 4. The largest absolute Gasteiger partial charge is 0.421 e. The second-order valence-electron chi connectivity index (χ2n) is 21.6. The van der Waals surface area contributed by atoms with Crippen LogP contribution in [0.1, 0.15) is 0 Å². The highest BCUT2D eigenvalue weighted by atomic mass is 15.3. The Hall–Kier alpha value is -10.3. The van der Waals surface area contributed by atoms with E-state index in [4.69, 9.17) is 0 Å². The lowest BCUT2D eigenvalue weighted by atomic mass is 9.53. The lowest BCUT2D eigenvalue weighted by molar-refractivity contribution is 1.28. The summed E-state index contributed by atoms with van der Waals surface area (Å²) < 4.78 is 0. The molecule has 0 unspecified atom stereocenters. The second kappa shape index (κ2) is 17.6. The fourth-order valence-corrected chi connectivity index (χ4v) is 13.9. The van der Waals surface area contributed by atoms with Gasteiger partial charge in [0.05, 0.1) is 0 Å². The Bertz CT molecular complexity index is 4440. The van der Waals surface area contributed by atoms with Crippen molar-refractivity contribution in [3.05, 3.63) is 291 Å². The number of anilines is 8. The number of hydrogen-bond donors (Lipinski definition) is 0. The van der Waals surface area contributed by atoms with Crippen molar-refractivity contribution in [3.8, 4) is 0 Å². The van der Waals surface area contributed by atoms with Gasteiger partial charge < -0.3 is 19.2 Å². The van der Waals surface area contributed by atoms with Gasteiger partial charge in [0.15, 0.2) is 0 Å². The van der Waals surface area contributed by atoms with Gasteiger partial charge in [-0.3, -0.25) is 0 Å². The predicted molar refractivity (Wildman–Crippen MR) is 344 cm³/mol. The third-order valence-electron chi connectivity index (χ3n) is 17.3. The summed E-state index contributed by atoms with van der Waals surface area (Å²) in [7, 11) is 0. The molecule has 0 aromatic heterocycles. The van der Waals surface area contributed by atoms with E-state index in [1.807, 2.05) is 0 Å². The minimum atomic E-state index is -0.365. The SMILES string of the molecule is c1ccc2cc(N3B(c4c5ccccc5c(B5N(c6ccc7ccccc7c6)c6cccc7cccc(c67)N5c5ccc6ccccc6c5)c5ccccc45)N(c4ccc5ccccc5c4)c4cccc5cccc3c45)ccc2c1. The smallest absolute Gasteiger partial charge is 0.361 e. The zero-order valence-electron chi connectivity index (χ0n) is 43.7. The van der Waals surface area contributed by atoms with Crippen LogP contribution in [0, 0.1) is 0 Å². The highest BCUT2D eigenvalue weighted by Gasteiger charge is 2.47. The fraction of sp³-hybridized carbons (Fsp3) is 0. The van der Waals surface area contributed by atoms with Crippen molar-refractivity contribution < 1.29 is 0 Å². The molecular weight excluding hydrogens is 966 g/mol. The highest BCUT2D eigenvalue weighted by Crippen LogP contribution is 2.51. The maximum absolute atomic E-state index is 2.64. The van der Waals surface area contributed by atoms with Gasteiger partial charge in [0.1, 0.15) is 0 Å². The molecule has 0 amide bonds. The molecule has 15 aromatic rings. The Kier molecular flexibility index (Phi) is 9.87. The first-order chi connectivity index (χ1) is 39.7. The first-order valence-corrected chi connectivity index (χ1v) is 27.8. The molecule has 80 heavy (non-hydrogen) atoms. The van der Waals surface area contributed by atoms with E-state index in [2.05, 4.69) is 310 Å². The van der Waals surface area contributed by atoms with Gasteiger partial charge in [-0.1, -0.05) is 218 Å². The van der Waals surface area contributed by atoms with Gasteiger partial charge in [0.2, 0.25) is 0 Å². The predicted octanol–water partition coefficient (Wildman–Crippen LogP) is 18.3. The van der Waals surface area contributed by atoms with Crippen molar-refractivity contribution in [1.29, 1.82) is 0 Å². The van der Waals surface area contributed by atoms with Crippen molar-refractivity contribution in [2.75, 3.05) is 19.2 Å². The van der Waals surface area contributed by atoms with E-state index in [0.717, 1.165) is 22.7 Å². The summed E-state index contributed by atoms with van der Waals surface area (Å²) in [5.41, 5.74) is 11.7. The van der Waals surface area contributed by atoms with Crippen molar-refractivity contribution in [1.82, 2.24) is 0 Å². The zero-order chi connectivity index (χ0) is 52.4. The third-order valence-corrected chi connectivity index (χ3v) is 17.3. The van der Waals surface area contributed by atoms with Crippen LogP contribution in [-0.2, 0) is 0 Å². The average Bonchev–Trinajstić information content (AvgIpc) is 3.61. The van der Waals surface area contributed by atoms with Gasteiger partial charge in [0, 0.05) is 56.3 Å². The van der Waals surface area contributed by atoms with Gasteiger partial charge in [-0.25, -0.2) is 0 Å². The molecule has 2 heterocycles. The minimum absolute atomic E-state index is 0.365. The molecule has 0 atom stereocenters. The van der Waals surface area contributed by atoms with E-state index in [1.165, 1.54) is 120 Å². The van der Waals surface area contributed by atoms with Gasteiger partial charge >= 0.3 is 14.0 Å². The Morgan fingerprint density at radius 2 is 0.412 bits per heavy atom. The van der Waals surface area contributed by atoms with Gasteiger partial charge in [-0.05, 0) is 159 Å². The summed E-state index contributed by atoms with van der Waals surface area (Å²) in [5.74, 6) is 0. The molecule has 2 aliphatic heterocycles. The molecule has 370 valence electrons. The van der Waals surface area contributed by atoms with Gasteiger partial charge in [-0.15, -0.1) is 0 Å². The van der Waals surface area contributed by atoms with E-state index >= 15 is 0 Å². The molecule has 0 aliphatic carbocycles. The number of fused-ring (bicyclic) bond motifs is 6. The Morgan fingerprint density at radius 1 is 0.188 bits per heavy atom. The normalized spacial score (nSPS) is 13.3. The van der Waals surface area contributed by atoms with Gasteiger partial charge in [0.25, 0.3) is 0 Å². The van der Waals surface area contributed by atoms with Crippen LogP contribution in [-0.4, -0.2) is 14.0 Å². The quantitative estimate of drug-likeness (QED) is 0.122. The van der Waals surface area contributed by atoms with Crippen molar-refractivity contribution in [3.63, 3.8) is 0 Å². The molecule has 17 rings (SSSR count). The number of rotatable bonds is 6. The van der Waals surface area contributed by atoms with Crippen LogP contribution in [0.2, 0.25) is 0 Å². The van der Waals surface area contributed by atoms with Crippen LogP contribution >= 0.6 is 0 Å². The molecule has 4 nitrogen and oxygen atoms in total. The van der Waals surface area contributed by atoms with Crippen LogP contribution in [0.25, 0.3) is 86.2 Å². The first kappa shape index (κ1) is 44.8. The van der Waals surface area contributed by atoms with Crippen LogP contribution in [0.4, 0.5) is 45.5 Å². The summed E-state index contributed by atoms with van der Waals surface area (Å²) in [6.07, 6.45) is 0. The average molecular weight is 1010 g/mol. The van der Waals surface area contributed by atoms with E-state index in [9.17, 15) is 0 Å². The summed E-state index contributed by atoms with van der Waals surface area (Å²) in [6.45, 7) is -0.730. The third kappa shape index (κ3) is 6.72. The summed E-state index contributed by atoms with van der Waals surface area (Å²) >= 11 is 0. The van der Waals surface area contributed by atoms with Crippen LogP contribution < -0.4 is 30.2 Å². The molecule has 6 heteroatoms. The maximum Gasteiger partial charge on any atom is 0.421 e. The standard InChI is InChI=1S/C74H48B2N4/c1-5-21-55-45-59(41-37-49(55)17-1)77-67-33-13-25-53-26-14-34-68(71(53)67)78(60-42-38-50-18-2-6-22-56(50)46-60)75(77)73-63-29-9-11-31-65(63)74(66-32-12-10-30-64(66)73)76-79(61-43-39-51-19-3-7-23-57(51)47-61)69-35-15-27-54-28-16-36-70(72(54)69)80(76)62-44-40-52-20-4-8-24-58(52)48-62/h1-48H. The van der Waals surface area contributed by atoms with Crippen molar-refractivity contribution in [2.24, 2.45) is 0 Å². The van der Waals surface area contributed by atoms with E-state index in [0.29, 0.717) is 0 Å². The molecule has 0 bridgehead atoms. The molecule has 15 aromatic carbocycles. The molecule has 0 fully saturated rings. The lowest BCUT2D eigenvalue weighted by Crippen LogP contribution is -2.62. The molecule has 0 N–H and O–H groups in total. The number of benzene rings is 15. The second-order valence-corrected chi connectivity index (χ2v) is 21.6. The molecule has 0 saturated carbocycles. The van der Waals surface area contributed by atoms with Crippen LogP contribution in [0.3, 0.4) is 0 Å². The van der Waals surface area contributed by atoms with E-state index < -0.39 is 0 Å². The topological polar surface area (TPSA) is 13.0 Å². The molecule has 0 saturated heterocycles. The molecule has 0 spiro atoms. The van der Waals surface area contributed by atoms with Gasteiger partial charge in [-0.2, -0.15) is 0 Å². The van der Waals surface area contributed by atoms with Crippen molar-refractivity contribution >= 4 is 157 Å². The summed E-state index contributed by atoms with van der Waals surface area (Å²) in [4.78, 5) is 10.6. The Balaban J connectivity index is 1.01. The molecular formula is C74H48B2N4. The van der Waals surface area contributed by atoms with Crippen LogP contribution in [0.5, 0.6) is 0 Å².